The number of aliphatic hydroxyl groups excluding tert-OH is 1. The third-order valence-corrected chi connectivity index (χ3v) is 9.34. The highest BCUT2D eigenvalue weighted by atomic mass is 16.5. The molecular formula is C30H40N6O4. The number of benzene rings is 1. The molecule has 0 radical (unpaired) electrons. The van der Waals surface area contributed by atoms with Crippen LogP contribution >= 0.6 is 0 Å². The van der Waals surface area contributed by atoms with E-state index in [1.807, 2.05) is 7.05 Å². The van der Waals surface area contributed by atoms with Crippen molar-refractivity contribution in [3.8, 4) is 5.75 Å². The van der Waals surface area contributed by atoms with Crippen LogP contribution in [0.1, 0.15) is 74.6 Å². The number of ether oxygens (including phenoxy) is 1. The molecule has 10 nitrogen and oxygen atoms in total. The number of hydrogen-bond acceptors (Lipinski definition) is 8. The summed E-state index contributed by atoms with van der Waals surface area (Å²) in [4.78, 5) is 39.8. The molecule has 40 heavy (non-hydrogen) atoms. The van der Waals surface area contributed by atoms with E-state index in [0.717, 1.165) is 62.9 Å². The van der Waals surface area contributed by atoms with Gasteiger partial charge in [0, 0.05) is 37.7 Å². The summed E-state index contributed by atoms with van der Waals surface area (Å²) < 4.78 is 5.62. The Hall–Kier alpha value is -3.40. The molecule has 2 heterocycles. The lowest BCUT2D eigenvalue weighted by Crippen LogP contribution is -2.41. The number of hydrogen-bond donors (Lipinski definition) is 3. The molecule has 10 heteroatoms. The highest BCUT2D eigenvalue weighted by Gasteiger charge is 2.55. The first kappa shape index (κ1) is 26.8. The summed E-state index contributed by atoms with van der Waals surface area (Å²) in [7, 11) is 3.40. The minimum atomic E-state index is -0.353. The summed E-state index contributed by atoms with van der Waals surface area (Å²) in [6.45, 7) is 1.16. The van der Waals surface area contributed by atoms with Gasteiger partial charge in [0.15, 0.2) is 5.82 Å². The smallest absolute Gasteiger partial charge is 0.251 e. The second kappa shape index (κ2) is 10.9. The van der Waals surface area contributed by atoms with Crippen molar-refractivity contribution in [3.05, 3.63) is 30.0 Å². The van der Waals surface area contributed by atoms with E-state index in [9.17, 15) is 14.7 Å². The number of nitrogens with zero attached hydrogens (tertiary/aromatic N) is 4. The van der Waals surface area contributed by atoms with Crippen LogP contribution in [0.4, 0.5) is 23.1 Å². The molecule has 2 unspecified atom stereocenters. The zero-order valence-electron chi connectivity index (χ0n) is 23.5. The summed E-state index contributed by atoms with van der Waals surface area (Å²) in [6.07, 6.45) is 11.7. The lowest BCUT2D eigenvalue weighted by Gasteiger charge is -2.31. The van der Waals surface area contributed by atoms with Gasteiger partial charge in [0.1, 0.15) is 11.4 Å². The van der Waals surface area contributed by atoms with Crippen LogP contribution in [0.2, 0.25) is 0 Å². The number of nitrogens with one attached hydrogen (secondary N) is 2. The molecule has 3 N–H and O–H groups in total. The van der Waals surface area contributed by atoms with Gasteiger partial charge in [-0.15, -0.1) is 0 Å². The summed E-state index contributed by atoms with van der Waals surface area (Å²) >= 11 is 0. The van der Waals surface area contributed by atoms with Crippen molar-refractivity contribution >= 4 is 35.0 Å². The lowest BCUT2D eigenvalue weighted by atomic mass is 9.86. The number of carbonyl (C=O) groups excluding carboxylic acids is 2. The first-order valence-electron chi connectivity index (χ1n) is 14.7. The number of amides is 2. The average molecular weight is 549 g/mol. The molecule has 3 fully saturated rings. The van der Waals surface area contributed by atoms with E-state index in [1.165, 1.54) is 12.8 Å². The Bertz CT molecular complexity index is 1270. The van der Waals surface area contributed by atoms with Crippen LogP contribution in [0.5, 0.6) is 5.75 Å². The number of rotatable bonds is 7. The molecule has 214 valence electrons. The van der Waals surface area contributed by atoms with Crippen molar-refractivity contribution in [3.63, 3.8) is 0 Å². The Labute approximate surface area is 235 Å². The van der Waals surface area contributed by atoms with Crippen molar-refractivity contribution in [1.82, 2.24) is 15.3 Å². The van der Waals surface area contributed by atoms with Gasteiger partial charge in [-0.05, 0) is 56.7 Å². The Kier molecular flexibility index (Phi) is 7.29. The largest absolute Gasteiger partial charge is 0.495 e. The Morgan fingerprint density at radius 1 is 1.15 bits per heavy atom. The molecule has 2 aromatic rings. The fourth-order valence-corrected chi connectivity index (χ4v) is 6.66. The van der Waals surface area contributed by atoms with Gasteiger partial charge in [-0.2, -0.15) is 4.98 Å². The number of anilines is 4. The van der Waals surface area contributed by atoms with Crippen LogP contribution in [-0.4, -0.2) is 66.3 Å². The molecule has 2 amide bonds. The highest BCUT2D eigenvalue weighted by Crippen LogP contribution is 2.52. The molecular weight excluding hydrogens is 508 g/mol. The van der Waals surface area contributed by atoms with E-state index in [0.29, 0.717) is 42.1 Å². The minimum absolute atomic E-state index is 0.0961. The van der Waals surface area contributed by atoms with E-state index < -0.39 is 0 Å². The van der Waals surface area contributed by atoms with Crippen molar-refractivity contribution < 1.29 is 19.4 Å². The fraction of sp³-hybridized carbons (Fsp3) is 0.600. The van der Waals surface area contributed by atoms with Crippen molar-refractivity contribution in [2.75, 3.05) is 42.4 Å². The number of aromatic nitrogens is 2. The first-order valence-corrected chi connectivity index (χ1v) is 14.7. The number of aliphatic hydroxyl groups is 1. The van der Waals surface area contributed by atoms with Crippen LogP contribution in [0, 0.1) is 11.3 Å². The Morgan fingerprint density at radius 2 is 1.90 bits per heavy atom. The van der Waals surface area contributed by atoms with Gasteiger partial charge < -0.3 is 30.3 Å². The van der Waals surface area contributed by atoms with Crippen LogP contribution in [0.15, 0.2) is 24.4 Å². The van der Waals surface area contributed by atoms with E-state index in [2.05, 4.69) is 20.5 Å². The minimum Gasteiger partial charge on any atom is -0.495 e. The zero-order valence-corrected chi connectivity index (χ0v) is 23.5. The number of methoxy groups -OCH3 is 1. The Balaban J connectivity index is 1.22. The van der Waals surface area contributed by atoms with Gasteiger partial charge in [0.05, 0.1) is 30.5 Å². The van der Waals surface area contributed by atoms with Gasteiger partial charge in [-0.3, -0.25) is 9.59 Å². The molecule has 0 saturated heterocycles. The van der Waals surface area contributed by atoms with Crippen LogP contribution < -0.4 is 25.2 Å². The molecule has 6 rings (SSSR count). The second-order valence-electron chi connectivity index (χ2n) is 12.0. The predicted molar refractivity (Wildman–Crippen MR) is 153 cm³/mol. The molecule has 4 aliphatic rings. The number of carbonyl (C=O) groups is 2. The maximum absolute atomic E-state index is 13.3. The summed E-state index contributed by atoms with van der Waals surface area (Å²) in [5.74, 6) is 1.77. The quantitative estimate of drug-likeness (QED) is 0.475. The second-order valence-corrected chi connectivity index (χ2v) is 12.0. The number of fused-ring (bicyclic) bond motifs is 1. The first-order chi connectivity index (χ1) is 19.4. The fourth-order valence-electron chi connectivity index (χ4n) is 6.66. The third-order valence-electron chi connectivity index (χ3n) is 9.34. The topological polar surface area (TPSA) is 120 Å². The standard InChI is InChI=1S/C30H40N6O4/c1-35-23-17-32-29(34-26(23)36(21-8-4-5-9-21)18-30(13-14-30)28(35)39)33-22-12-11-19(15-25(22)40-2)27(38)31-16-20-7-3-6-10-24(20)37/h11-12,15,17,20-21,24,37H,3-10,13-14,16,18H2,1-2H3,(H,31,38)(H,32,33,34). The van der Waals surface area contributed by atoms with Gasteiger partial charge in [-0.1, -0.05) is 25.7 Å². The maximum Gasteiger partial charge on any atom is 0.251 e. The van der Waals surface area contributed by atoms with Gasteiger partial charge in [0.2, 0.25) is 11.9 Å². The van der Waals surface area contributed by atoms with Crippen LogP contribution in [0.3, 0.4) is 0 Å². The molecule has 2 atom stereocenters. The average Bonchev–Trinajstić information content (AvgIpc) is 3.58. The van der Waals surface area contributed by atoms with Crippen molar-refractivity contribution in [2.45, 2.75) is 76.4 Å². The van der Waals surface area contributed by atoms with E-state index in [1.54, 1.807) is 36.4 Å². The van der Waals surface area contributed by atoms with Crippen molar-refractivity contribution in [1.29, 1.82) is 0 Å². The van der Waals surface area contributed by atoms with Crippen LogP contribution in [-0.2, 0) is 4.79 Å². The van der Waals surface area contributed by atoms with Crippen LogP contribution in [0.25, 0.3) is 0 Å². The molecule has 1 aromatic heterocycles. The summed E-state index contributed by atoms with van der Waals surface area (Å²) in [5, 5.41) is 16.5. The van der Waals surface area contributed by atoms with Crippen molar-refractivity contribution in [2.24, 2.45) is 11.3 Å². The monoisotopic (exact) mass is 548 g/mol. The lowest BCUT2D eigenvalue weighted by molar-refractivity contribution is -0.122. The van der Waals surface area contributed by atoms with Gasteiger partial charge >= 0.3 is 0 Å². The zero-order chi connectivity index (χ0) is 27.9. The molecule has 1 aliphatic heterocycles. The van der Waals surface area contributed by atoms with E-state index in [-0.39, 0.29) is 29.3 Å². The van der Waals surface area contributed by atoms with E-state index >= 15 is 0 Å². The summed E-state index contributed by atoms with van der Waals surface area (Å²) in [5.41, 5.74) is 1.57. The van der Waals surface area contributed by atoms with E-state index in [4.69, 9.17) is 9.72 Å². The highest BCUT2D eigenvalue weighted by molar-refractivity contribution is 6.03. The molecule has 3 aliphatic carbocycles. The Morgan fingerprint density at radius 3 is 2.62 bits per heavy atom. The van der Waals surface area contributed by atoms with Gasteiger partial charge in [0.25, 0.3) is 5.91 Å². The molecule has 3 saturated carbocycles. The third kappa shape index (κ3) is 5.09. The summed E-state index contributed by atoms with van der Waals surface area (Å²) in [6, 6.07) is 5.61. The maximum atomic E-state index is 13.3. The molecule has 1 spiro atoms. The molecule has 0 bridgehead atoms. The predicted octanol–water partition coefficient (Wildman–Crippen LogP) is 4.02. The molecule has 1 aromatic carbocycles. The normalized spacial score (nSPS) is 24.0. The SMILES string of the molecule is COc1cc(C(=O)NCC2CCCCC2O)ccc1Nc1ncc2c(n1)N(C1CCCC1)CC1(CC1)C(=O)N2C. The van der Waals surface area contributed by atoms with Gasteiger partial charge in [-0.25, -0.2) is 4.98 Å².